The summed E-state index contributed by atoms with van der Waals surface area (Å²) in [6.07, 6.45) is 7.53. The lowest BCUT2D eigenvalue weighted by Gasteiger charge is -2.52. The van der Waals surface area contributed by atoms with Crippen LogP contribution in [0.5, 0.6) is 5.88 Å². The third-order valence-corrected chi connectivity index (χ3v) is 6.83. The first-order chi connectivity index (χ1) is 14.8. The summed E-state index contributed by atoms with van der Waals surface area (Å²) in [6.45, 7) is 1.64. The van der Waals surface area contributed by atoms with Gasteiger partial charge in [-0.2, -0.15) is 0 Å². The van der Waals surface area contributed by atoms with E-state index in [4.69, 9.17) is 9.47 Å². The van der Waals surface area contributed by atoms with Crippen molar-refractivity contribution in [3.05, 3.63) is 41.6 Å². The number of carbonyl (C=O) groups is 1. The summed E-state index contributed by atoms with van der Waals surface area (Å²) >= 11 is 0. The molecule has 2 aromatic rings. The summed E-state index contributed by atoms with van der Waals surface area (Å²) in [7, 11) is -3.66. The van der Waals surface area contributed by atoms with E-state index < -0.39 is 16.1 Å². The zero-order valence-corrected chi connectivity index (χ0v) is 18.1. The third kappa shape index (κ3) is 4.12. The highest BCUT2D eigenvalue weighted by Gasteiger charge is 2.51. The molecule has 1 saturated carbocycles. The van der Waals surface area contributed by atoms with Crippen molar-refractivity contribution in [3.8, 4) is 17.0 Å². The molecule has 1 saturated heterocycles. The Morgan fingerprint density at radius 1 is 1.26 bits per heavy atom. The molecule has 1 aliphatic heterocycles. The molecule has 2 fully saturated rings. The van der Waals surface area contributed by atoms with Gasteiger partial charge in [0.1, 0.15) is 6.10 Å². The largest absolute Gasteiger partial charge is 0.474 e. The number of aromatic nitrogens is 1. The zero-order valence-electron chi connectivity index (χ0n) is 17.3. The lowest BCUT2D eigenvalue weighted by molar-refractivity contribution is -0.191. The molecule has 2 aliphatic carbocycles. The fourth-order valence-corrected chi connectivity index (χ4v) is 5.17. The van der Waals surface area contributed by atoms with Crippen molar-refractivity contribution in [1.29, 1.82) is 0 Å². The number of hydrogen-bond acceptors (Lipinski definition) is 6. The number of hydrogen-bond donors (Lipinski definition) is 2. The molecule has 1 spiro atoms. The smallest absolute Gasteiger partial charge is 0.332 e. The number of pyridine rings is 1. The van der Waals surface area contributed by atoms with Crippen LogP contribution < -0.4 is 14.8 Å². The number of nitrogens with zero attached hydrogens (tertiary/aromatic N) is 1. The van der Waals surface area contributed by atoms with Crippen molar-refractivity contribution in [3.63, 3.8) is 0 Å². The van der Waals surface area contributed by atoms with Crippen LogP contribution in [-0.2, 0) is 27.6 Å². The number of rotatable bonds is 5. The third-order valence-electron chi connectivity index (χ3n) is 6.27. The molecule has 1 aromatic heterocycles. The molecule has 2 N–H and O–H groups in total. The maximum absolute atomic E-state index is 12.3. The molecular formula is C22H29N3O5S. The Morgan fingerprint density at radius 3 is 2.77 bits per heavy atom. The maximum atomic E-state index is 12.3. The van der Waals surface area contributed by atoms with E-state index in [9.17, 15) is 13.2 Å². The van der Waals surface area contributed by atoms with Crippen LogP contribution in [0.2, 0.25) is 0 Å². The summed E-state index contributed by atoms with van der Waals surface area (Å²) in [4.78, 5) is 16.7. The monoisotopic (exact) mass is 447 g/mol. The van der Waals surface area contributed by atoms with Crippen molar-refractivity contribution in [2.75, 3.05) is 24.8 Å². The zero-order chi connectivity index (χ0) is 21.6. The van der Waals surface area contributed by atoms with Gasteiger partial charge in [-0.15, -0.1) is 0 Å². The van der Waals surface area contributed by atoms with Crippen LogP contribution in [-0.4, -0.2) is 45.0 Å². The predicted octanol–water partition coefficient (Wildman–Crippen LogP) is 3.37. The van der Waals surface area contributed by atoms with E-state index in [1.165, 1.54) is 5.56 Å². The minimum atomic E-state index is -3.66. The number of carbonyl (C=O) groups excluding carboxylic acids is 1. The second-order valence-electron chi connectivity index (χ2n) is 8.83. The van der Waals surface area contributed by atoms with Crippen LogP contribution in [0, 0.1) is 5.41 Å². The summed E-state index contributed by atoms with van der Waals surface area (Å²) in [5.41, 5.74) is 4.84. The maximum Gasteiger partial charge on any atom is 0.332 e. The van der Waals surface area contributed by atoms with Gasteiger partial charge in [0.05, 0.1) is 25.2 Å². The van der Waals surface area contributed by atoms with E-state index in [1.807, 2.05) is 22.9 Å². The number of aryl methyl sites for hydroxylation is 1. The van der Waals surface area contributed by atoms with Crippen molar-refractivity contribution < 1.29 is 25.5 Å². The van der Waals surface area contributed by atoms with E-state index in [1.54, 1.807) is 6.20 Å². The standard InChI is InChI=1S/C22H25N3O5S.2H2/c1-31(27,28)25-21(26)24-20-17-4-2-3-14(17)5-6-18(20)15-7-8-23-19(9-15)30-16-10-22(11-16)12-29-13-22;;/h5-9,16H,2-4,10-13H2,1H3,(H2,24,25,26);2*1H. The van der Waals surface area contributed by atoms with Gasteiger partial charge in [0.2, 0.25) is 15.9 Å². The van der Waals surface area contributed by atoms with E-state index in [0.717, 1.165) is 68.3 Å². The molecule has 0 unspecified atom stereocenters. The summed E-state index contributed by atoms with van der Waals surface area (Å²) < 4.78 is 36.3. The van der Waals surface area contributed by atoms with Gasteiger partial charge in [-0.25, -0.2) is 22.9 Å². The van der Waals surface area contributed by atoms with Gasteiger partial charge in [-0.1, -0.05) is 12.1 Å². The van der Waals surface area contributed by atoms with Crippen LogP contribution in [0.25, 0.3) is 11.1 Å². The van der Waals surface area contributed by atoms with Gasteiger partial charge in [-0.3, -0.25) is 0 Å². The average molecular weight is 448 g/mol. The molecule has 5 rings (SSSR count). The highest BCUT2D eigenvalue weighted by atomic mass is 32.2. The first-order valence-electron chi connectivity index (χ1n) is 10.4. The van der Waals surface area contributed by atoms with Crippen molar-refractivity contribution in [2.45, 2.75) is 38.2 Å². The Bertz CT molecular complexity index is 1150. The topological polar surface area (TPSA) is 107 Å². The normalized spacial score (nSPS) is 19.3. The van der Waals surface area contributed by atoms with Crippen LogP contribution >= 0.6 is 0 Å². The number of ether oxygens (including phenoxy) is 2. The SMILES string of the molecule is CS(=O)(=O)NC(=O)Nc1c(-c2ccnc(OC3CC4(COC4)C3)c2)ccc2c1CCC2.[HH].[HH]. The minimum absolute atomic E-state index is 0. The van der Waals surface area contributed by atoms with Crippen molar-refractivity contribution in [1.82, 2.24) is 9.71 Å². The van der Waals surface area contributed by atoms with Crippen LogP contribution in [0.1, 0.15) is 33.2 Å². The molecule has 2 amide bonds. The molecule has 168 valence electrons. The molecule has 2 heterocycles. The van der Waals surface area contributed by atoms with Crippen molar-refractivity contribution in [2.24, 2.45) is 5.41 Å². The summed E-state index contributed by atoms with van der Waals surface area (Å²) in [5.74, 6) is 0.546. The van der Waals surface area contributed by atoms with Gasteiger partial charge < -0.3 is 14.8 Å². The molecule has 8 nitrogen and oxygen atoms in total. The van der Waals surface area contributed by atoms with Crippen LogP contribution in [0.15, 0.2) is 30.5 Å². The quantitative estimate of drug-likeness (QED) is 0.728. The number of anilines is 1. The molecular weight excluding hydrogens is 418 g/mol. The number of fused-ring (bicyclic) bond motifs is 1. The molecule has 1 aromatic carbocycles. The van der Waals surface area contributed by atoms with E-state index >= 15 is 0 Å². The Balaban J connectivity index is 0.00000153. The fraction of sp³-hybridized carbons (Fsp3) is 0.455. The van der Waals surface area contributed by atoms with Gasteiger partial charge in [0, 0.05) is 26.1 Å². The molecule has 0 radical (unpaired) electrons. The Labute approximate surface area is 184 Å². The summed E-state index contributed by atoms with van der Waals surface area (Å²) in [6, 6.07) is 7.01. The first-order valence-corrected chi connectivity index (χ1v) is 12.3. The van der Waals surface area contributed by atoms with E-state index in [2.05, 4.69) is 16.4 Å². The van der Waals surface area contributed by atoms with Gasteiger partial charge in [-0.05, 0) is 54.9 Å². The lowest BCUT2D eigenvalue weighted by atomic mass is 9.65. The molecule has 3 aliphatic rings. The number of benzene rings is 1. The predicted molar refractivity (Wildman–Crippen MR) is 120 cm³/mol. The molecule has 31 heavy (non-hydrogen) atoms. The van der Waals surface area contributed by atoms with Crippen molar-refractivity contribution >= 4 is 21.7 Å². The molecule has 0 atom stereocenters. The van der Waals surface area contributed by atoms with Crippen LogP contribution in [0.3, 0.4) is 0 Å². The number of urea groups is 1. The van der Waals surface area contributed by atoms with Gasteiger partial charge >= 0.3 is 6.03 Å². The van der Waals surface area contributed by atoms with Crippen LogP contribution in [0.4, 0.5) is 10.5 Å². The van der Waals surface area contributed by atoms with Gasteiger partial charge in [0.15, 0.2) is 0 Å². The Morgan fingerprint density at radius 2 is 2.06 bits per heavy atom. The van der Waals surface area contributed by atoms with Gasteiger partial charge in [0.25, 0.3) is 0 Å². The van der Waals surface area contributed by atoms with E-state index in [-0.39, 0.29) is 8.96 Å². The Hall–Kier alpha value is -2.65. The molecule has 0 bridgehead atoms. The second-order valence-corrected chi connectivity index (χ2v) is 10.6. The number of sulfonamides is 1. The summed E-state index contributed by atoms with van der Waals surface area (Å²) in [5, 5.41) is 2.77. The highest BCUT2D eigenvalue weighted by Crippen LogP contribution is 2.48. The molecule has 9 heteroatoms. The number of nitrogens with one attached hydrogen (secondary N) is 2. The van der Waals surface area contributed by atoms with E-state index in [0.29, 0.717) is 17.0 Å². The minimum Gasteiger partial charge on any atom is -0.474 e. The Kier molecular flexibility index (Phi) is 4.90. The average Bonchev–Trinajstić information content (AvgIpc) is 3.11. The first kappa shape index (κ1) is 20.3. The number of amides is 2. The lowest BCUT2D eigenvalue weighted by Crippen LogP contribution is -2.56. The fourth-order valence-electron chi connectivity index (χ4n) is 4.79. The highest BCUT2D eigenvalue weighted by molar-refractivity contribution is 7.89. The second kappa shape index (κ2) is 7.49.